The monoisotopic (exact) mass is 520 g/mol. The predicted molar refractivity (Wildman–Crippen MR) is 132 cm³/mol. The molecule has 1 heterocycles. The molecule has 0 saturated carbocycles. The topological polar surface area (TPSA) is 43.0 Å². The summed E-state index contributed by atoms with van der Waals surface area (Å²) in [6, 6.07) is 13.8. The van der Waals surface area contributed by atoms with Crippen LogP contribution >= 0.6 is 12.2 Å². The van der Waals surface area contributed by atoms with Crippen LogP contribution in [0.2, 0.25) is 0 Å². The van der Waals surface area contributed by atoms with Crippen LogP contribution in [0.4, 0.5) is 23.2 Å². The van der Waals surface area contributed by atoms with Crippen molar-refractivity contribution in [1.82, 2.24) is 4.90 Å². The summed E-state index contributed by atoms with van der Waals surface area (Å²) in [6.07, 6.45) is -3.77. The van der Waals surface area contributed by atoms with Crippen molar-refractivity contribution in [1.29, 1.82) is 0 Å². The van der Waals surface area contributed by atoms with Gasteiger partial charge in [-0.3, -0.25) is 0 Å². The quantitative estimate of drug-likeness (QED) is 0.307. The Bertz CT molecular complexity index is 1220. The van der Waals surface area contributed by atoms with E-state index in [-0.39, 0.29) is 18.5 Å². The number of alkyl halides is 3. The lowest BCUT2D eigenvalue weighted by Crippen LogP contribution is -2.44. The Morgan fingerprint density at radius 3 is 2.25 bits per heavy atom. The number of rotatable bonds is 6. The second-order valence-electron chi connectivity index (χ2n) is 8.14. The number of nitrogens with one attached hydrogen (secondary N) is 1. The third-order valence-corrected chi connectivity index (χ3v) is 6.29. The van der Waals surface area contributed by atoms with Crippen LogP contribution in [-0.2, 0) is 12.6 Å². The Morgan fingerprint density at radius 1 is 1.00 bits per heavy atom. The fourth-order valence-corrected chi connectivity index (χ4v) is 4.43. The molecule has 0 bridgehead atoms. The zero-order valence-corrected chi connectivity index (χ0v) is 20.4. The highest BCUT2D eigenvalue weighted by Gasteiger charge is 2.32. The number of ether oxygens (including phenoxy) is 3. The first-order valence-corrected chi connectivity index (χ1v) is 11.5. The van der Waals surface area contributed by atoms with Crippen LogP contribution in [-0.4, -0.2) is 37.4 Å². The Kier molecular flexibility index (Phi) is 7.53. The molecule has 1 N–H and O–H groups in total. The maximum Gasteiger partial charge on any atom is 0.416 e. The van der Waals surface area contributed by atoms with Gasteiger partial charge in [0.25, 0.3) is 0 Å². The first kappa shape index (κ1) is 25.6. The van der Waals surface area contributed by atoms with Crippen molar-refractivity contribution < 1.29 is 31.8 Å². The third-order valence-electron chi connectivity index (χ3n) is 5.95. The first-order chi connectivity index (χ1) is 17.2. The second kappa shape index (κ2) is 10.6. The molecule has 1 atom stereocenters. The molecular formula is C26H24F4N2O3S. The van der Waals surface area contributed by atoms with E-state index in [0.717, 1.165) is 23.3 Å². The van der Waals surface area contributed by atoms with Gasteiger partial charge >= 0.3 is 6.18 Å². The van der Waals surface area contributed by atoms with Crippen molar-refractivity contribution in [3.8, 4) is 17.2 Å². The van der Waals surface area contributed by atoms with Crippen LogP contribution in [0.5, 0.6) is 17.2 Å². The lowest BCUT2D eigenvalue weighted by molar-refractivity contribution is -0.137. The van der Waals surface area contributed by atoms with Crippen LogP contribution in [0.25, 0.3) is 0 Å². The summed E-state index contributed by atoms with van der Waals surface area (Å²) in [5, 5.41) is 3.37. The molecule has 0 fully saturated rings. The van der Waals surface area contributed by atoms with Gasteiger partial charge in [0.2, 0.25) is 0 Å². The number of hydrogen-bond acceptors (Lipinski definition) is 4. The van der Waals surface area contributed by atoms with E-state index in [2.05, 4.69) is 5.32 Å². The number of benzene rings is 3. The van der Waals surface area contributed by atoms with Crippen molar-refractivity contribution in [2.75, 3.05) is 32.7 Å². The Labute approximate surface area is 211 Å². The minimum Gasteiger partial charge on any atom is -0.493 e. The van der Waals surface area contributed by atoms with Gasteiger partial charge in [-0.05, 0) is 90.4 Å². The van der Waals surface area contributed by atoms with Crippen LogP contribution in [0.15, 0.2) is 60.7 Å². The Hall–Kier alpha value is -3.53. The highest BCUT2D eigenvalue weighted by Crippen LogP contribution is 2.39. The van der Waals surface area contributed by atoms with Crippen molar-refractivity contribution >= 4 is 23.0 Å². The molecule has 0 saturated heterocycles. The van der Waals surface area contributed by atoms with Crippen molar-refractivity contribution in [2.24, 2.45) is 0 Å². The number of fused-ring (bicyclic) bond motifs is 1. The van der Waals surface area contributed by atoms with Gasteiger partial charge in [-0.25, -0.2) is 4.39 Å². The minimum atomic E-state index is -4.42. The molecule has 36 heavy (non-hydrogen) atoms. The number of thiocarbonyl (C=S) groups is 1. The van der Waals surface area contributed by atoms with Crippen molar-refractivity contribution in [3.05, 3.63) is 83.2 Å². The van der Waals surface area contributed by atoms with E-state index in [4.69, 9.17) is 26.4 Å². The van der Waals surface area contributed by atoms with E-state index in [0.29, 0.717) is 41.0 Å². The maximum atomic E-state index is 13.3. The predicted octanol–water partition coefficient (Wildman–Crippen LogP) is 6.24. The van der Waals surface area contributed by atoms with Gasteiger partial charge in [0.05, 0.1) is 25.8 Å². The lowest BCUT2D eigenvalue weighted by Gasteiger charge is -2.39. The summed E-state index contributed by atoms with van der Waals surface area (Å²) >= 11 is 5.66. The highest BCUT2D eigenvalue weighted by atomic mass is 32.1. The van der Waals surface area contributed by atoms with E-state index < -0.39 is 11.7 Å². The van der Waals surface area contributed by atoms with Gasteiger partial charge in [0, 0.05) is 12.2 Å². The molecule has 3 aromatic carbocycles. The molecule has 1 aliphatic heterocycles. The molecule has 190 valence electrons. The van der Waals surface area contributed by atoms with E-state index in [1.54, 1.807) is 14.2 Å². The largest absolute Gasteiger partial charge is 0.493 e. The third kappa shape index (κ3) is 5.64. The molecular weight excluding hydrogens is 496 g/mol. The molecule has 4 rings (SSSR count). The molecule has 5 nitrogen and oxygen atoms in total. The standard InChI is InChI=1S/C26H24F4N2O3S/c1-33-23-13-16-11-12-32(25(36)31-19-7-3-17(4-8-19)26(28,29)30)22(21(16)14-24(23)34-2)15-35-20-9-5-18(27)6-10-20/h3-10,13-14,22H,11-12,15H2,1-2H3,(H,31,36)/t22-/m1/s1. The lowest BCUT2D eigenvalue weighted by atomic mass is 9.92. The number of methoxy groups -OCH3 is 2. The second-order valence-corrected chi connectivity index (χ2v) is 8.52. The van der Waals surface area contributed by atoms with E-state index in [1.165, 1.54) is 36.4 Å². The SMILES string of the molecule is COc1cc2c(cc1OC)[C@@H](COc1ccc(F)cc1)N(C(=S)Nc1ccc(C(F)(F)F)cc1)CC2. The number of hydrogen-bond donors (Lipinski definition) is 1. The van der Waals surface area contributed by atoms with Crippen molar-refractivity contribution in [2.45, 2.75) is 18.6 Å². The van der Waals surface area contributed by atoms with Gasteiger partial charge in [-0.15, -0.1) is 0 Å². The summed E-state index contributed by atoms with van der Waals surface area (Å²) in [5.41, 5.74) is 1.65. The van der Waals surface area contributed by atoms with Crippen molar-refractivity contribution in [3.63, 3.8) is 0 Å². The highest BCUT2D eigenvalue weighted by molar-refractivity contribution is 7.80. The maximum absolute atomic E-state index is 13.3. The average molecular weight is 521 g/mol. The first-order valence-electron chi connectivity index (χ1n) is 11.1. The molecule has 3 aromatic rings. The zero-order valence-electron chi connectivity index (χ0n) is 19.6. The molecule has 1 aliphatic rings. The van der Waals surface area contributed by atoms with E-state index in [1.807, 2.05) is 17.0 Å². The van der Waals surface area contributed by atoms with Gasteiger partial charge < -0.3 is 24.4 Å². The van der Waals surface area contributed by atoms with Crippen LogP contribution in [0, 0.1) is 5.82 Å². The van der Waals surface area contributed by atoms with Crippen LogP contribution < -0.4 is 19.5 Å². The molecule has 0 aromatic heterocycles. The Balaban J connectivity index is 1.61. The summed E-state index contributed by atoms with van der Waals surface area (Å²) in [7, 11) is 3.11. The normalized spacial score (nSPS) is 15.2. The van der Waals surface area contributed by atoms with Crippen LogP contribution in [0.3, 0.4) is 0 Å². The fraction of sp³-hybridized carbons (Fsp3) is 0.269. The Morgan fingerprint density at radius 2 is 1.64 bits per heavy atom. The van der Waals surface area contributed by atoms with E-state index >= 15 is 0 Å². The number of anilines is 1. The van der Waals surface area contributed by atoms with Crippen LogP contribution in [0.1, 0.15) is 22.7 Å². The molecule has 10 heteroatoms. The number of halogens is 4. The number of nitrogens with zero attached hydrogens (tertiary/aromatic N) is 1. The molecule has 0 unspecified atom stereocenters. The fourth-order valence-electron chi connectivity index (χ4n) is 4.09. The van der Waals surface area contributed by atoms with Gasteiger partial charge in [-0.1, -0.05) is 0 Å². The smallest absolute Gasteiger partial charge is 0.416 e. The summed E-state index contributed by atoms with van der Waals surface area (Å²) in [6.45, 7) is 0.718. The zero-order chi connectivity index (χ0) is 25.9. The van der Waals surface area contributed by atoms with Gasteiger partial charge in [0.1, 0.15) is 18.2 Å². The van der Waals surface area contributed by atoms with Gasteiger partial charge in [0.15, 0.2) is 16.6 Å². The van der Waals surface area contributed by atoms with Gasteiger partial charge in [-0.2, -0.15) is 13.2 Å². The molecule has 0 radical (unpaired) electrons. The molecule has 0 amide bonds. The molecule has 0 spiro atoms. The summed E-state index contributed by atoms with van der Waals surface area (Å²) < 4.78 is 69.0. The molecule has 0 aliphatic carbocycles. The average Bonchev–Trinajstić information content (AvgIpc) is 2.86. The summed E-state index contributed by atoms with van der Waals surface area (Å²) in [5.74, 6) is 1.27. The van der Waals surface area contributed by atoms with E-state index in [9.17, 15) is 17.6 Å². The minimum absolute atomic E-state index is 0.183. The summed E-state index contributed by atoms with van der Waals surface area (Å²) in [4.78, 5) is 1.92.